The third kappa shape index (κ3) is 15.9. The molecule has 0 saturated carbocycles. The van der Waals surface area contributed by atoms with E-state index in [2.05, 4.69) is 35.1 Å². The number of unbranched alkanes of at least 4 members (excludes halogenated alkanes) is 8. The topological polar surface area (TPSA) is 29.1 Å². The largest absolute Gasteiger partial charge is 0.356 e. The molecule has 0 aliphatic heterocycles. The molecule has 0 heterocycles. The van der Waals surface area contributed by atoms with Crippen molar-refractivity contribution in [3.63, 3.8) is 0 Å². The smallest absolute Gasteiger partial charge is 0.219 e. The Morgan fingerprint density at radius 1 is 1.00 bits per heavy atom. The molecule has 1 atom stereocenters. The Kier molecular flexibility index (Phi) is 14.3. The van der Waals surface area contributed by atoms with Gasteiger partial charge in [-0.25, -0.2) is 0 Å². The Balaban J connectivity index is 3.14. The number of carbonyl (C=O) groups is 1. The summed E-state index contributed by atoms with van der Waals surface area (Å²) in [7, 11) is 0. The summed E-state index contributed by atoms with van der Waals surface area (Å²) < 4.78 is 0. The Bertz CT molecular complexity index is 207. The molecule has 0 fully saturated rings. The normalized spacial score (nSPS) is 12.4. The summed E-state index contributed by atoms with van der Waals surface area (Å²) in [5, 5.41) is 2.97. The first-order valence-corrected chi connectivity index (χ1v) is 8.99. The van der Waals surface area contributed by atoms with Crippen molar-refractivity contribution in [2.45, 2.75) is 89.3 Å². The van der Waals surface area contributed by atoms with E-state index in [1.807, 2.05) is 0 Å². The van der Waals surface area contributed by atoms with Gasteiger partial charge in [0.15, 0.2) is 0 Å². The first-order valence-electron chi connectivity index (χ1n) is 8.07. The lowest BCUT2D eigenvalue weighted by molar-refractivity contribution is -0.121. The molecule has 19 heavy (non-hydrogen) atoms. The van der Waals surface area contributed by atoms with Crippen molar-refractivity contribution in [3.05, 3.63) is 0 Å². The van der Waals surface area contributed by atoms with Gasteiger partial charge in [0.05, 0.1) is 0 Å². The highest BCUT2D eigenvalue weighted by atomic mass is 79.9. The minimum Gasteiger partial charge on any atom is -0.356 e. The summed E-state index contributed by atoms with van der Waals surface area (Å²) in [6.07, 6.45) is 13.4. The van der Waals surface area contributed by atoms with Crippen LogP contribution in [0.3, 0.4) is 0 Å². The fourth-order valence-electron chi connectivity index (χ4n) is 2.10. The molecule has 0 bridgehead atoms. The van der Waals surface area contributed by atoms with Crippen LogP contribution in [0.2, 0.25) is 0 Å². The van der Waals surface area contributed by atoms with E-state index in [-0.39, 0.29) is 5.91 Å². The monoisotopic (exact) mass is 333 g/mol. The van der Waals surface area contributed by atoms with Crippen molar-refractivity contribution in [2.24, 2.45) is 0 Å². The van der Waals surface area contributed by atoms with Crippen molar-refractivity contribution in [1.29, 1.82) is 0 Å². The number of halogens is 1. The molecular formula is C16H32BrNO. The second-order valence-electron chi connectivity index (χ2n) is 5.50. The van der Waals surface area contributed by atoms with E-state index in [4.69, 9.17) is 0 Å². The fraction of sp³-hybridized carbons (Fsp3) is 0.938. The maximum absolute atomic E-state index is 11.5. The quantitative estimate of drug-likeness (QED) is 0.364. The first kappa shape index (κ1) is 18.9. The van der Waals surface area contributed by atoms with Crippen LogP contribution in [0.4, 0.5) is 0 Å². The van der Waals surface area contributed by atoms with Crippen LogP contribution in [-0.2, 0) is 4.79 Å². The maximum Gasteiger partial charge on any atom is 0.219 e. The minimum absolute atomic E-state index is 0.219. The van der Waals surface area contributed by atoms with Crippen molar-refractivity contribution in [2.75, 3.05) is 6.54 Å². The van der Waals surface area contributed by atoms with E-state index in [1.54, 1.807) is 0 Å². The van der Waals surface area contributed by atoms with Crippen LogP contribution < -0.4 is 5.32 Å². The Hall–Kier alpha value is -0.0500. The van der Waals surface area contributed by atoms with E-state index < -0.39 is 0 Å². The van der Waals surface area contributed by atoms with Gasteiger partial charge in [0.1, 0.15) is 0 Å². The summed E-state index contributed by atoms with van der Waals surface area (Å²) in [6, 6.07) is 0. The van der Waals surface area contributed by atoms with Crippen LogP contribution in [0.1, 0.15) is 84.5 Å². The number of carbonyl (C=O) groups excluding carboxylic acids is 1. The Morgan fingerprint density at radius 3 is 2.05 bits per heavy atom. The first-order chi connectivity index (χ1) is 9.16. The van der Waals surface area contributed by atoms with Gasteiger partial charge in [0.2, 0.25) is 5.91 Å². The molecule has 0 aromatic carbocycles. The Labute approximate surface area is 128 Å². The molecule has 0 aliphatic rings. The zero-order chi connectivity index (χ0) is 14.3. The standard InChI is InChI=1S/C16H32BrNO/c1-3-4-5-6-7-8-9-10-11-12-16(19)18-14-13-15(2)17/h15H,3-14H2,1-2H3,(H,18,19). The van der Waals surface area contributed by atoms with Crippen molar-refractivity contribution >= 4 is 21.8 Å². The van der Waals surface area contributed by atoms with Crippen molar-refractivity contribution in [1.82, 2.24) is 5.32 Å². The number of hydrogen-bond acceptors (Lipinski definition) is 1. The maximum atomic E-state index is 11.5. The molecule has 3 heteroatoms. The lowest BCUT2D eigenvalue weighted by atomic mass is 10.1. The molecule has 0 saturated heterocycles. The molecule has 2 nitrogen and oxygen atoms in total. The van der Waals surface area contributed by atoms with Crippen LogP contribution >= 0.6 is 15.9 Å². The van der Waals surface area contributed by atoms with Gasteiger partial charge in [-0.15, -0.1) is 0 Å². The van der Waals surface area contributed by atoms with Crippen LogP contribution in [0, 0.1) is 0 Å². The van der Waals surface area contributed by atoms with Gasteiger partial charge in [0.25, 0.3) is 0 Å². The molecule has 0 radical (unpaired) electrons. The number of rotatable bonds is 13. The highest BCUT2D eigenvalue weighted by Crippen LogP contribution is 2.10. The van der Waals surface area contributed by atoms with E-state index in [0.717, 1.165) is 19.4 Å². The minimum atomic E-state index is 0.219. The zero-order valence-corrected chi connectivity index (χ0v) is 14.4. The molecule has 0 rings (SSSR count). The van der Waals surface area contributed by atoms with E-state index in [1.165, 1.54) is 51.4 Å². The predicted molar refractivity (Wildman–Crippen MR) is 87.9 cm³/mol. The summed E-state index contributed by atoms with van der Waals surface area (Å²) >= 11 is 3.48. The van der Waals surface area contributed by atoms with Gasteiger partial charge in [-0.05, 0) is 12.8 Å². The third-order valence-corrected chi connectivity index (χ3v) is 3.83. The van der Waals surface area contributed by atoms with Gasteiger partial charge >= 0.3 is 0 Å². The van der Waals surface area contributed by atoms with E-state index in [0.29, 0.717) is 11.2 Å². The van der Waals surface area contributed by atoms with Gasteiger partial charge in [-0.1, -0.05) is 81.1 Å². The highest BCUT2D eigenvalue weighted by molar-refractivity contribution is 9.09. The van der Waals surface area contributed by atoms with E-state index >= 15 is 0 Å². The number of hydrogen-bond donors (Lipinski definition) is 1. The zero-order valence-electron chi connectivity index (χ0n) is 12.8. The summed E-state index contributed by atoms with van der Waals surface area (Å²) in [5.41, 5.74) is 0. The SMILES string of the molecule is CCCCCCCCCCCC(=O)NCCC(C)Br. The molecule has 0 aliphatic carbocycles. The summed E-state index contributed by atoms with van der Waals surface area (Å²) in [6.45, 7) is 5.15. The number of nitrogens with one attached hydrogen (secondary N) is 1. The molecule has 1 N–H and O–H groups in total. The second-order valence-corrected chi connectivity index (χ2v) is 7.06. The summed E-state index contributed by atoms with van der Waals surface area (Å²) in [4.78, 5) is 12.0. The van der Waals surface area contributed by atoms with E-state index in [9.17, 15) is 4.79 Å². The molecule has 1 unspecified atom stereocenters. The van der Waals surface area contributed by atoms with Gasteiger partial charge in [0, 0.05) is 17.8 Å². The molecule has 0 spiro atoms. The molecule has 1 amide bonds. The number of amides is 1. The third-order valence-electron chi connectivity index (χ3n) is 3.37. The van der Waals surface area contributed by atoms with Crippen LogP contribution in [0.5, 0.6) is 0 Å². The van der Waals surface area contributed by atoms with Crippen molar-refractivity contribution in [3.8, 4) is 0 Å². The average molecular weight is 334 g/mol. The number of alkyl halides is 1. The molecule has 114 valence electrons. The highest BCUT2D eigenvalue weighted by Gasteiger charge is 2.01. The van der Waals surface area contributed by atoms with Gasteiger partial charge < -0.3 is 5.32 Å². The van der Waals surface area contributed by atoms with Crippen molar-refractivity contribution < 1.29 is 4.79 Å². The van der Waals surface area contributed by atoms with Crippen LogP contribution in [0.15, 0.2) is 0 Å². The van der Waals surface area contributed by atoms with Crippen LogP contribution in [-0.4, -0.2) is 17.3 Å². The lowest BCUT2D eigenvalue weighted by Gasteiger charge is -2.06. The molecule has 0 aromatic rings. The molecular weight excluding hydrogens is 302 g/mol. The molecule has 0 aromatic heterocycles. The van der Waals surface area contributed by atoms with Gasteiger partial charge in [-0.3, -0.25) is 4.79 Å². The lowest BCUT2D eigenvalue weighted by Crippen LogP contribution is -2.25. The summed E-state index contributed by atoms with van der Waals surface area (Å²) in [5.74, 6) is 0.219. The second kappa shape index (κ2) is 14.4. The fourth-order valence-corrected chi connectivity index (χ4v) is 2.32. The predicted octanol–water partition coefficient (Wildman–Crippen LogP) is 5.20. The Morgan fingerprint density at radius 2 is 1.53 bits per heavy atom. The average Bonchev–Trinajstić information content (AvgIpc) is 2.36. The van der Waals surface area contributed by atoms with Crippen LogP contribution in [0.25, 0.3) is 0 Å². The van der Waals surface area contributed by atoms with Gasteiger partial charge in [-0.2, -0.15) is 0 Å².